The van der Waals surface area contributed by atoms with Crippen LogP contribution in [-0.2, 0) is 19.1 Å². The Bertz CT molecular complexity index is 547. The number of carbonyl (C=O) groups excluding carboxylic acids is 3. The third-order valence-corrected chi connectivity index (χ3v) is 3.11. The summed E-state index contributed by atoms with van der Waals surface area (Å²) in [6, 6.07) is 0. The topological polar surface area (TPSA) is 109 Å². The standard InChI is InChI=1S/C13H18N2O5S/c1-5-19-11(17)7(6-16)8-9(14)21-10(15-8)12(18)20-13(2,3)4/h6-7H,5,14H2,1-4H3. The van der Waals surface area contributed by atoms with Crippen LogP contribution in [0, 0.1) is 0 Å². The monoisotopic (exact) mass is 314 g/mol. The van der Waals surface area contributed by atoms with Gasteiger partial charge in [-0.15, -0.1) is 0 Å². The number of hydrogen-bond donors (Lipinski definition) is 1. The first-order chi connectivity index (χ1) is 9.69. The Morgan fingerprint density at radius 2 is 2.05 bits per heavy atom. The molecule has 0 radical (unpaired) electrons. The van der Waals surface area contributed by atoms with Gasteiger partial charge < -0.3 is 20.0 Å². The maximum Gasteiger partial charge on any atom is 0.368 e. The molecule has 7 nitrogen and oxygen atoms in total. The Morgan fingerprint density at radius 1 is 1.43 bits per heavy atom. The molecular weight excluding hydrogens is 296 g/mol. The number of nitrogen functional groups attached to an aromatic ring is 1. The SMILES string of the molecule is CCOC(=O)C(C=O)c1nc(C(=O)OC(C)(C)C)sc1N. The number of carbonyl (C=O) groups is 3. The van der Waals surface area contributed by atoms with Gasteiger partial charge in [0.05, 0.1) is 12.3 Å². The Hall–Kier alpha value is -1.96. The fraction of sp³-hybridized carbons (Fsp3) is 0.538. The van der Waals surface area contributed by atoms with Gasteiger partial charge in [0.25, 0.3) is 0 Å². The van der Waals surface area contributed by atoms with Gasteiger partial charge in [0.15, 0.2) is 5.92 Å². The van der Waals surface area contributed by atoms with Crippen molar-refractivity contribution in [2.45, 2.75) is 39.2 Å². The van der Waals surface area contributed by atoms with Gasteiger partial charge in [-0.2, -0.15) is 0 Å². The number of esters is 2. The number of rotatable bonds is 5. The van der Waals surface area contributed by atoms with E-state index in [1.54, 1.807) is 27.7 Å². The lowest BCUT2D eigenvalue weighted by Gasteiger charge is -2.18. The average Bonchev–Trinajstić information content (AvgIpc) is 2.71. The van der Waals surface area contributed by atoms with Gasteiger partial charge in [-0.25, -0.2) is 9.78 Å². The van der Waals surface area contributed by atoms with E-state index >= 15 is 0 Å². The van der Waals surface area contributed by atoms with E-state index in [2.05, 4.69) is 4.98 Å². The predicted molar refractivity (Wildman–Crippen MR) is 77.1 cm³/mol. The smallest absolute Gasteiger partial charge is 0.368 e. The summed E-state index contributed by atoms with van der Waals surface area (Å²) in [7, 11) is 0. The van der Waals surface area contributed by atoms with Gasteiger partial charge in [0.1, 0.15) is 16.9 Å². The summed E-state index contributed by atoms with van der Waals surface area (Å²) < 4.78 is 9.94. The summed E-state index contributed by atoms with van der Waals surface area (Å²) in [5.74, 6) is -2.64. The second-order valence-corrected chi connectivity index (χ2v) is 6.17. The number of ether oxygens (including phenoxy) is 2. The first kappa shape index (κ1) is 17.1. The molecule has 0 amide bonds. The fourth-order valence-corrected chi connectivity index (χ4v) is 2.19. The molecule has 1 heterocycles. The van der Waals surface area contributed by atoms with Crippen LogP contribution in [0.25, 0.3) is 0 Å². The number of nitrogens with two attached hydrogens (primary N) is 1. The number of aldehydes is 1. The fourth-order valence-electron chi connectivity index (χ4n) is 1.44. The third-order valence-electron chi connectivity index (χ3n) is 2.23. The van der Waals surface area contributed by atoms with Gasteiger partial charge in [-0.1, -0.05) is 11.3 Å². The molecule has 0 saturated heterocycles. The molecule has 1 unspecified atom stereocenters. The predicted octanol–water partition coefficient (Wildman–Crippen LogP) is 1.53. The molecule has 0 fully saturated rings. The zero-order valence-electron chi connectivity index (χ0n) is 12.3. The molecule has 0 aliphatic heterocycles. The highest BCUT2D eigenvalue weighted by Gasteiger charge is 2.30. The highest BCUT2D eigenvalue weighted by atomic mass is 32.1. The van der Waals surface area contributed by atoms with Crippen LogP contribution in [0.3, 0.4) is 0 Å². The van der Waals surface area contributed by atoms with E-state index < -0.39 is 23.5 Å². The van der Waals surface area contributed by atoms with Crippen LogP contribution < -0.4 is 5.73 Å². The largest absolute Gasteiger partial charge is 0.465 e. The molecule has 8 heteroatoms. The summed E-state index contributed by atoms with van der Waals surface area (Å²) in [6.45, 7) is 6.91. The van der Waals surface area contributed by atoms with Crippen LogP contribution in [0.1, 0.15) is 49.1 Å². The Kier molecular flexibility index (Phi) is 5.42. The molecule has 1 rings (SSSR count). The van der Waals surface area contributed by atoms with E-state index in [0.29, 0.717) is 6.29 Å². The van der Waals surface area contributed by atoms with E-state index in [1.165, 1.54) is 0 Å². The highest BCUT2D eigenvalue weighted by Crippen LogP contribution is 2.29. The Morgan fingerprint density at radius 3 is 2.52 bits per heavy atom. The molecule has 0 saturated carbocycles. The molecule has 0 spiro atoms. The second kappa shape index (κ2) is 6.66. The van der Waals surface area contributed by atoms with Crippen molar-refractivity contribution in [3.05, 3.63) is 10.7 Å². The normalized spacial score (nSPS) is 12.6. The number of anilines is 1. The van der Waals surface area contributed by atoms with Gasteiger partial charge >= 0.3 is 11.9 Å². The maximum absolute atomic E-state index is 11.9. The summed E-state index contributed by atoms with van der Waals surface area (Å²) in [4.78, 5) is 38.6. The molecule has 1 aromatic heterocycles. The van der Waals surface area contributed by atoms with Crippen molar-refractivity contribution in [1.29, 1.82) is 0 Å². The highest BCUT2D eigenvalue weighted by molar-refractivity contribution is 7.17. The molecule has 21 heavy (non-hydrogen) atoms. The molecule has 0 aliphatic carbocycles. The Labute approximate surface area is 126 Å². The quantitative estimate of drug-likeness (QED) is 0.498. The molecule has 0 bridgehead atoms. The molecule has 1 atom stereocenters. The van der Waals surface area contributed by atoms with Crippen molar-refractivity contribution in [1.82, 2.24) is 4.98 Å². The maximum atomic E-state index is 11.9. The second-order valence-electron chi connectivity index (χ2n) is 5.14. The molecule has 0 aliphatic rings. The molecule has 116 valence electrons. The van der Waals surface area contributed by atoms with Crippen LogP contribution in [0.15, 0.2) is 0 Å². The van der Waals surface area contributed by atoms with E-state index in [1.807, 2.05) is 0 Å². The van der Waals surface area contributed by atoms with Crippen LogP contribution in [0.4, 0.5) is 5.00 Å². The summed E-state index contributed by atoms with van der Waals surface area (Å²) in [5.41, 5.74) is 5.08. The van der Waals surface area contributed by atoms with Gasteiger partial charge in [-0.3, -0.25) is 4.79 Å². The van der Waals surface area contributed by atoms with Crippen LogP contribution >= 0.6 is 11.3 Å². The minimum absolute atomic E-state index is 0.00595. The third kappa shape index (κ3) is 4.52. The number of thiazole rings is 1. The average molecular weight is 314 g/mol. The van der Waals surface area contributed by atoms with Gasteiger partial charge in [-0.05, 0) is 27.7 Å². The van der Waals surface area contributed by atoms with Crippen molar-refractivity contribution in [3.63, 3.8) is 0 Å². The first-order valence-corrected chi connectivity index (χ1v) is 7.12. The van der Waals surface area contributed by atoms with Crippen molar-refractivity contribution in [2.75, 3.05) is 12.3 Å². The van der Waals surface area contributed by atoms with Gasteiger partial charge in [0, 0.05) is 0 Å². The molecule has 0 aromatic carbocycles. The van der Waals surface area contributed by atoms with E-state index in [0.717, 1.165) is 11.3 Å². The minimum atomic E-state index is -1.24. The number of aromatic nitrogens is 1. The van der Waals surface area contributed by atoms with Crippen LogP contribution in [-0.4, -0.2) is 35.4 Å². The molecule has 1 aromatic rings. The molecular formula is C13H18N2O5S. The Balaban J connectivity index is 3.03. The lowest BCUT2D eigenvalue weighted by atomic mass is 10.1. The van der Waals surface area contributed by atoms with Crippen LogP contribution in [0.2, 0.25) is 0 Å². The van der Waals surface area contributed by atoms with Gasteiger partial charge in [0.2, 0.25) is 5.01 Å². The lowest BCUT2D eigenvalue weighted by Crippen LogP contribution is -2.24. The van der Waals surface area contributed by atoms with Crippen molar-refractivity contribution >= 4 is 34.6 Å². The van der Waals surface area contributed by atoms with Crippen molar-refractivity contribution < 1.29 is 23.9 Å². The van der Waals surface area contributed by atoms with Crippen molar-refractivity contribution in [2.24, 2.45) is 0 Å². The lowest BCUT2D eigenvalue weighted by molar-refractivity contribution is -0.146. The summed E-state index contributed by atoms with van der Waals surface area (Å²) in [6.07, 6.45) is 0.391. The van der Waals surface area contributed by atoms with Crippen molar-refractivity contribution in [3.8, 4) is 0 Å². The van der Waals surface area contributed by atoms with Crippen LogP contribution in [0.5, 0.6) is 0 Å². The number of hydrogen-bond acceptors (Lipinski definition) is 8. The summed E-state index contributed by atoms with van der Waals surface area (Å²) >= 11 is 0.868. The zero-order chi connectivity index (χ0) is 16.2. The first-order valence-electron chi connectivity index (χ1n) is 6.31. The van der Waals surface area contributed by atoms with E-state index in [-0.39, 0.29) is 22.3 Å². The zero-order valence-corrected chi connectivity index (χ0v) is 13.2. The van der Waals surface area contributed by atoms with E-state index in [9.17, 15) is 14.4 Å². The van der Waals surface area contributed by atoms with E-state index in [4.69, 9.17) is 15.2 Å². The minimum Gasteiger partial charge on any atom is -0.465 e. The summed E-state index contributed by atoms with van der Waals surface area (Å²) in [5, 5.41) is 0.106. The molecule has 2 N–H and O–H groups in total. The number of nitrogens with zero attached hydrogens (tertiary/aromatic N) is 1.